The highest BCUT2D eigenvalue weighted by molar-refractivity contribution is 6.30. The Morgan fingerprint density at radius 3 is 1.91 bits per heavy atom. The highest BCUT2D eigenvalue weighted by Gasteiger charge is 2.26. The zero-order valence-electron chi connectivity index (χ0n) is 19.2. The van der Waals surface area contributed by atoms with Crippen molar-refractivity contribution < 1.29 is 28.6 Å². The molecule has 0 unspecified atom stereocenters. The molecule has 3 N–H and O–H groups in total. The standard InChI is InChI=1S/C23H28ClN3O6/c1-23(2,12-19(28)25-16-8-6-15(24)7-9-16)13-20(29)26-27-22(30)14-10-17(31-3)21(33-5)18(11-14)32-4/h6-11H,12-13H2,1-5H3,(H,25,28)(H,26,29)(H,27,30). The summed E-state index contributed by atoms with van der Waals surface area (Å²) in [5, 5.41) is 3.34. The van der Waals surface area contributed by atoms with Crippen molar-refractivity contribution in [2.45, 2.75) is 26.7 Å². The molecule has 0 heterocycles. The summed E-state index contributed by atoms with van der Waals surface area (Å²) >= 11 is 5.84. The van der Waals surface area contributed by atoms with Gasteiger partial charge < -0.3 is 19.5 Å². The van der Waals surface area contributed by atoms with Gasteiger partial charge in [-0.15, -0.1) is 0 Å². The fourth-order valence-electron chi connectivity index (χ4n) is 3.13. The molecule has 3 amide bonds. The molecule has 0 aliphatic heterocycles. The summed E-state index contributed by atoms with van der Waals surface area (Å²) in [4.78, 5) is 37.2. The molecule has 0 fully saturated rings. The number of nitrogens with one attached hydrogen (secondary N) is 3. The monoisotopic (exact) mass is 477 g/mol. The number of benzene rings is 2. The van der Waals surface area contributed by atoms with Crippen molar-refractivity contribution in [3.05, 3.63) is 47.0 Å². The van der Waals surface area contributed by atoms with Crippen molar-refractivity contribution in [3.8, 4) is 17.2 Å². The zero-order valence-corrected chi connectivity index (χ0v) is 20.0. The van der Waals surface area contributed by atoms with Gasteiger partial charge in [0.15, 0.2) is 11.5 Å². The fraction of sp³-hybridized carbons (Fsp3) is 0.348. The van der Waals surface area contributed by atoms with Gasteiger partial charge in [0.2, 0.25) is 17.6 Å². The van der Waals surface area contributed by atoms with Gasteiger partial charge in [-0.05, 0) is 41.8 Å². The van der Waals surface area contributed by atoms with Crippen LogP contribution in [0.1, 0.15) is 37.0 Å². The molecule has 0 aromatic heterocycles. The molecular formula is C23H28ClN3O6. The minimum absolute atomic E-state index is 0.0105. The summed E-state index contributed by atoms with van der Waals surface area (Å²) in [5.41, 5.74) is 4.89. The molecule has 0 aliphatic carbocycles. The van der Waals surface area contributed by atoms with Gasteiger partial charge in [-0.1, -0.05) is 25.4 Å². The number of carbonyl (C=O) groups excluding carboxylic acids is 3. The lowest BCUT2D eigenvalue weighted by molar-refractivity contribution is -0.124. The zero-order chi connectivity index (χ0) is 24.6. The predicted octanol–water partition coefficient (Wildman–Crippen LogP) is 3.57. The molecule has 2 rings (SSSR count). The van der Waals surface area contributed by atoms with Crippen LogP contribution in [0.2, 0.25) is 5.02 Å². The van der Waals surface area contributed by atoms with Gasteiger partial charge >= 0.3 is 0 Å². The summed E-state index contributed by atoms with van der Waals surface area (Å²) in [7, 11) is 4.33. The van der Waals surface area contributed by atoms with Gasteiger partial charge in [-0.2, -0.15) is 0 Å². The molecule has 10 heteroatoms. The maximum absolute atomic E-state index is 12.5. The number of halogens is 1. The van der Waals surface area contributed by atoms with Crippen LogP contribution >= 0.6 is 11.6 Å². The minimum atomic E-state index is -0.655. The van der Waals surface area contributed by atoms with E-state index in [-0.39, 0.29) is 24.3 Å². The third-order valence-electron chi connectivity index (χ3n) is 4.65. The quantitative estimate of drug-likeness (QED) is 0.475. The highest BCUT2D eigenvalue weighted by Crippen LogP contribution is 2.38. The van der Waals surface area contributed by atoms with Crippen LogP contribution in [0.5, 0.6) is 17.2 Å². The van der Waals surface area contributed by atoms with E-state index in [9.17, 15) is 14.4 Å². The number of rotatable bonds is 9. The molecule has 9 nitrogen and oxygen atoms in total. The lowest BCUT2D eigenvalue weighted by Gasteiger charge is -2.23. The molecule has 0 atom stereocenters. The van der Waals surface area contributed by atoms with E-state index >= 15 is 0 Å². The number of carbonyl (C=O) groups is 3. The first-order valence-corrected chi connectivity index (χ1v) is 10.4. The van der Waals surface area contributed by atoms with E-state index in [1.165, 1.54) is 33.5 Å². The Kier molecular flexibility index (Phi) is 8.93. The molecule has 33 heavy (non-hydrogen) atoms. The third-order valence-corrected chi connectivity index (χ3v) is 4.90. The highest BCUT2D eigenvalue weighted by atomic mass is 35.5. The second-order valence-electron chi connectivity index (χ2n) is 7.99. The Balaban J connectivity index is 1.92. The maximum atomic E-state index is 12.5. The van der Waals surface area contributed by atoms with Crippen molar-refractivity contribution in [2.75, 3.05) is 26.6 Å². The SMILES string of the molecule is COc1cc(C(=O)NNC(=O)CC(C)(C)CC(=O)Nc2ccc(Cl)cc2)cc(OC)c1OC. The van der Waals surface area contributed by atoms with E-state index in [1.807, 2.05) is 0 Å². The molecule has 178 valence electrons. The number of hydrazine groups is 1. The maximum Gasteiger partial charge on any atom is 0.269 e. The van der Waals surface area contributed by atoms with Crippen LogP contribution in [-0.4, -0.2) is 39.1 Å². The molecule has 2 aromatic rings. The van der Waals surface area contributed by atoms with Gasteiger partial charge in [-0.3, -0.25) is 25.2 Å². The lowest BCUT2D eigenvalue weighted by Crippen LogP contribution is -2.43. The molecule has 0 bridgehead atoms. The number of hydrogen-bond donors (Lipinski definition) is 3. The Labute approximate surface area is 197 Å². The van der Waals surface area contributed by atoms with Crippen LogP contribution in [0.15, 0.2) is 36.4 Å². The normalized spacial score (nSPS) is 10.7. The number of amides is 3. The molecule has 0 aliphatic rings. The second kappa shape index (κ2) is 11.4. The Hall–Kier alpha value is -3.46. The molecule has 2 aromatic carbocycles. The first-order valence-electron chi connectivity index (χ1n) is 10.0. The van der Waals surface area contributed by atoms with E-state index in [1.54, 1.807) is 38.1 Å². The summed E-state index contributed by atoms with van der Waals surface area (Å²) in [6.45, 7) is 3.57. The fourth-order valence-corrected chi connectivity index (χ4v) is 3.25. The summed E-state index contributed by atoms with van der Waals surface area (Å²) < 4.78 is 15.7. The first-order chi connectivity index (χ1) is 15.6. The average molecular weight is 478 g/mol. The van der Waals surface area contributed by atoms with Gasteiger partial charge in [0.25, 0.3) is 5.91 Å². The first kappa shape index (κ1) is 25.8. The molecule has 0 saturated heterocycles. The van der Waals surface area contributed by atoms with Crippen molar-refractivity contribution in [1.29, 1.82) is 0 Å². The molecule has 0 radical (unpaired) electrons. The second-order valence-corrected chi connectivity index (χ2v) is 8.43. The van der Waals surface area contributed by atoms with Crippen LogP contribution in [0.3, 0.4) is 0 Å². The smallest absolute Gasteiger partial charge is 0.269 e. The van der Waals surface area contributed by atoms with Crippen LogP contribution in [0.25, 0.3) is 0 Å². The van der Waals surface area contributed by atoms with E-state index in [2.05, 4.69) is 16.2 Å². The average Bonchev–Trinajstić information content (AvgIpc) is 2.77. The van der Waals surface area contributed by atoms with E-state index in [4.69, 9.17) is 25.8 Å². The number of anilines is 1. The van der Waals surface area contributed by atoms with Crippen LogP contribution in [0, 0.1) is 5.41 Å². The van der Waals surface area contributed by atoms with E-state index in [0.717, 1.165) is 0 Å². The Bertz CT molecular complexity index is 983. The van der Waals surface area contributed by atoms with Crippen molar-refractivity contribution in [1.82, 2.24) is 10.9 Å². The Morgan fingerprint density at radius 2 is 1.39 bits per heavy atom. The summed E-state index contributed by atoms with van der Waals surface area (Å²) in [6, 6.07) is 9.66. The summed E-state index contributed by atoms with van der Waals surface area (Å²) in [6.07, 6.45) is 0.112. The molecule has 0 saturated carbocycles. The minimum Gasteiger partial charge on any atom is -0.493 e. The molecule has 0 spiro atoms. The van der Waals surface area contributed by atoms with Crippen LogP contribution < -0.4 is 30.4 Å². The van der Waals surface area contributed by atoms with Gasteiger partial charge in [-0.25, -0.2) is 0 Å². The van der Waals surface area contributed by atoms with Gasteiger partial charge in [0.05, 0.1) is 21.3 Å². The van der Waals surface area contributed by atoms with Gasteiger partial charge in [0.1, 0.15) is 0 Å². The van der Waals surface area contributed by atoms with E-state index in [0.29, 0.717) is 28.0 Å². The number of hydrogen-bond acceptors (Lipinski definition) is 6. The summed E-state index contributed by atoms with van der Waals surface area (Å²) in [5.74, 6) is -0.293. The largest absolute Gasteiger partial charge is 0.493 e. The Morgan fingerprint density at radius 1 is 0.848 bits per heavy atom. The number of ether oxygens (including phenoxy) is 3. The lowest BCUT2D eigenvalue weighted by atomic mass is 9.85. The van der Waals surface area contributed by atoms with E-state index < -0.39 is 17.2 Å². The van der Waals surface area contributed by atoms with Gasteiger partial charge in [0, 0.05) is 29.1 Å². The third kappa shape index (κ3) is 7.57. The predicted molar refractivity (Wildman–Crippen MR) is 125 cm³/mol. The molecular weight excluding hydrogens is 450 g/mol. The topological polar surface area (TPSA) is 115 Å². The van der Waals surface area contributed by atoms with Crippen LogP contribution in [0.4, 0.5) is 5.69 Å². The van der Waals surface area contributed by atoms with Crippen molar-refractivity contribution >= 4 is 35.0 Å². The van der Waals surface area contributed by atoms with Crippen molar-refractivity contribution in [2.24, 2.45) is 5.41 Å². The van der Waals surface area contributed by atoms with Crippen molar-refractivity contribution in [3.63, 3.8) is 0 Å². The number of methoxy groups -OCH3 is 3. The van der Waals surface area contributed by atoms with Crippen LogP contribution in [-0.2, 0) is 9.59 Å².